The maximum atomic E-state index is 11.7. The van der Waals surface area contributed by atoms with Crippen molar-refractivity contribution in [2.24, 2.45) is 0 Å². The van der Waals surface area contributed by atoms with Gasteiger partial charge < -0.3 is 9.47 Å². The van der Waals surface area contributed by atoms with Gasteiger partial charge in [0.2, 0.25) is 0 Å². The fraction of sp³-hybridized carbons (Fsp3) is 0.429. The van der Waals surface area contributed by atoms with Crippen molar-refractivity contribution in [3.05, 3.63) is 35.4 Å². The Morgan fingerprint density at radius 3 is 2.50 bits per heavy atom. The molecule has 1 N–H and O–H groups in total. The van der Waals surface area contributed by atoms with Crippen LogP contribution in [0.15, 0.2) is 24.3 Å². The minimum Gasteiger partial charge on any atom is -0.464 e. The molecule has 0 saturated heterocycles. The maximum Gasteiger partial charge on any atom is 0.338 e. The minimum absolute atomic E-state index is 0.185. The van der Waals surface area contributed by atoms with E-state index < -0.39 is 5.97 Å². The first-order valence-electron chi connectivity index (χ1n) is 6.44. The zero-order valence-corrected chi connectivity index (χ0v) is 11.7. The highest BCUT2D eigenvalue weighted by Crippen LogP contribution is 2.10. The van der Waals surface area contributed by atoms with E-state index in [0.717, 1.165) is 5.56 Å². The van der Waals surface area contributed by atoms with E-state index >= 15 is 0 Å². The van der Waals surface area contributed by atoms with Gasteiger partial charge in [-0.25, -0.2) is 9.59 Å². The van der Waals surface area contributed by atoms with Crippen LogP contribution in [-0.2, 0) is 25.7 Å². The van der Waals surface area contributed by atoms with Gasteiger partial charge >= 0.3 is 11.9 Å². The van der Waals surface area contributed by atoms with E-state index in [1.54, 1.807) is 32.0 Å². The molecule has 0 aliphatic rings. The second-order valence-electron chi connectivity index (χ2n) is 3.79. The van der Waals surface area contributed by atoms with Crippen LogP contribution in [0, 0.1) is 0 Å². The van der Waals surface area contributed by atoms with Gasteiger partial charge in [0.25, 0.3) is 0 Å². The molecule has 20 heavy (non-hydrogen) atoms. The van der Waals surface area contributed by atoms with E-state index in [2.05, 4.69) is 5.48 Å². The van der Waals surface area contributed by atoms with Gasteiger partial charge in [-0.3, -0.25) is 4.84 Å². The van der Waals surface area contributed by atoms with Gasteiger partial charge in [0.1, 0.15) is 0 Å². The first kappa shape index (κ1) is 16.1. The summed E-state index contributed by atoms with van der Waals surface area (Å²) < 4.78 is 9.67. The van der Waals surface area contributed by atoms with Crippen LogP contribution in [-0.4, -0.2) is 31.8 Å². The van der Waals surface area contributed by atoms with Crippen LogP contribution in [0.4, 0.5) is 0 Å². The monoisotopic (exact) mass is 281 g/mol. The van der Waals surface area contributed by atoms with Gasteiger partial charge in [0.15, 0.2) is 6.61 Å². The van der Waals surface area contributed by atoms with Crippen molar-refractivity contribution in [3.8, 4) is 0 Å². The molecule has 0 saturated carbocycles. The van der Waals surface area contributed by atoms with Crippen molar-refractivity contribution in [1.29, 1.82) is 0 Å². The number of nitrogens with one attached hydrogen (secondary N) is 1. The van der Waals surface area contributed by atoms with E-state index in [1.807, 2.05) is 6.07 Å². The fourth-order valence-corrected chi connectivity index (χ4v) is 1.52. The van der Waals surface area contributed by atoms with Crippen molar-refractivity contribution in [3.63, 3.8) is 0 Å². The molecule has 6 nitrogen and oxygen atoms in total. The number of carbonyl (C=O) groups excluding carboxylic acids is 2. The third kappa shape index (κ3) is 5.38. The summed E-state index contributed by atoms with van der Waals surface area (Å²) >= 11 is 0. The zero-order valence-electron chi connectivity index (χ0n) is 11.7. The Labute approximate surface area is 118 Å². The summed E-state index contributed by atoms with van der Waals surface area (Å²) in [5.74, 6) is -0.825. The quantitative estimate of drug-likeness (QED) is 0.441. The molecule has 0 atom stereocenters. The Kier molecular flexibility index (Phi) is 7.31. The molecule has 0 unspecified atom stereocenters. The summed E-state index contributed by atoms with van der Waals surface area (Å²) in [5, 5.41) is 0. The lowest BCUT2D eigenvalue weighted by Crippen LogP contribution is -2.22. The number of rotatable bonds is 8. The van der Waals surface area contributed by atoms with E-state index in [4.69, 9.17) is 14.3 Å². The van der Waals surface area contributed by atoms with Gasteiger partial charge in [-0.2, -0.15) is 5.48 Å². The van der Waals surface area contributed by atoms with Crippen LogP contribution in [0.3, 0.4) is 0 Å². The Bertz CT molecular complexity index is 447. The first-order chi connectivity index (χ1) is 9.69. The highest BCUT2D eigenvalue weighted by Gasteiger charge is 2.11. The summed E-state index contributed by atoms with van der Waals surface area (Å²) in [7, 11) is 0. The van der Waals surface area contributed by atoms with Crippen molar-refractivity contribution >= 4 is 11.9 Å². The Morgan fingerprint density at radius 1 is 1.10 bits per heavy atom. The number of hydroxylamine groups is 1. The summed E-state index contributed by atoms with van der Waals surface area (Å²) in [6.07, 6.45) is 0. The summed E-state index contributed by atoms with van der Waals surface area (Å²) in [5.41, 5.74) is 3.82. The third-order valence-corrected chi connectivity index (χ3v) is 2.37. The predicted octanol–water partition coefficient (Wildman–Crippen LogP) is 1.45. The first-order valence-corrected chi connectivity index (χ1v) is 6.44. The number of ether oxygens (including phenoxy) is 2. The number of benzene rings is 1. The summed E-state index contributed by atoms with van der Waals surface area (Å²) in [6.45, 7) is 4.21. The van der Waals surface area contributed by atoms with Gasteiger partial charge in [-0.15, -0.1) is 0 Å². The summed E-state index contributed by atoms with van der Waals surface area (Å²) in [4.78, 5) is 27.8. The lowest BCUT2D eigenvalue weighted by molar-refractivity contribution is -0.151. The van der Waals surface area contributed by atoms with Gasteiger partial charge in [0, 0.05) is 6.54 Å². The Hall–Kier alpha value is -1.92. The second kappa shape index (κ2) is 9.06. The SMILES string of the molecule is CCOC(=O)CONCc1ccccc1C(=O)OCC. The van der Waals surface area contributed by atoms with E-state index in [0.29, 0.717) is 18.8 Å². The van der Waals surface area contributed by atoms with Crippen molar-refractivity contribution in [2.75, 3.05) is 19.8 Å². The highest BCUT2D eigenvalue weighted by molar-refractivity contribution is 5.91. The number of hydrogen-bond acceptors (Lipinski definition) is 6. The van der Waals surface area contributed by atoms with Crippen LogP contribution < -0.4 is 5.48 Å². The normalized spacial score (nSPS) is 10.1. The minimum atomic E-state index is -0.446. The molecule has 0 bridgehead atoms. The Balaban J connectivity index is 2.47. The molecule has 1 rings (SSSR count). The molecule has 0 heterocycles. The van der Waals surface area contributed by atoms with Crippen LogP contribution in [0.2, 0.25) is 0 Å². The van der Waals surface area contributed by atoms with Gasteiger partial charge in [-0.1, -0.05) is 18.2 Å². The molecule has 6 heteroatoms. The molecular formula is C14H19NO5. The number of hydrogen-bond donors (Lipinski definition) is 1. The van der Waals surface area contributed by atoms with Crippen molar-refractivity contribution in [2.45, 2.75) is 20.4 Å². The molecule has 1 aromatic carbocycles. The maximum absolute atomic E-state index is 11.7. The van der Waals surface area contributed by atoms with E-state index in [9.17, 15) is 9.59 Å². The average Bonchev–Trinajstić information content (AvgIpc) is 2.44. The smallest absolute Gasteiger partial charge is 0.338 e. The molecule has 0 radical (unpaired) electrons. The molecule has 0 aliphatic heterocycles. The number of carbonyl (C=O) groups is 2. The fourth-order valence-electron chi connectivity index (χ4n) is 1.52. The van der Waals surface area contributed by atoms with Crippen LogP contribution in [0.5, 0.6) is 0 Å². The molecule has 0 spiro atoms. The molecule has 0 fully saturated rings. The van der Waals surface area contributed by atoms with Gasteiger partial charge in [-0.05, 0) is 25.5 Å². The molecule has 0 aromatic heterocycles. The Morgan fingerprint density at radius 2 is 1.80 bits per heavy atom. The second-order valence-corrected chi connectivity index (χ2v) is 3.79. The largest absolute Gasteiger partial charge is 0.464 e. The van der Waals surface area contributed by atoms with E-state index in [1.165, 1.54) is 0 Å². The number of esters is 2. The topological polar surface area (TPSA) is 73.9 Å². The van der Waals surface area contributed by atoms with E-state index in [-0.39, 0.29) is 19.1 Å². The third-order valence-electron chi connectivity index (χ3n) is 2.37. The predicted molar refractivity (Wildman–Crippen MR) is 71.8 cm³/mol. The molecule has 1 aromatic rings. The highest BCUT2D eigenvalue weighted by atomic mass is 16.7. The standard InChI is InChI=1S/C14H19NO5/c1-3-18-13(16)10-20-15-9-11-7-5-6-8-12(11)14(17)19-4-2/h5-8,15H,3-4,9-10H2,1-2H3. The zero-order chi connectivity index (χ0) is 14.8. The average molecular weight is 281 g/mol. The molecule has 110 valence electrons. The van der Waals surface area contributed by atoms with Crippen molar-refractivity contribution < 1.29 is 23.9 Å². The molecule has 0 amide bonds. The van der Waals surface area contributed by atoms with Gasteiger partial charge in [0.05, 0.1) is 18.8 Å². The molecule has 0 aliphatic carbocycles. The van der Waals surface area contributed by atoms with Crippen LogP contribution in [0.25, 0.3) is 0 Å². The lowest BCUT2D eigenvalue weighted by Gasteiger charge is -2.09. The summed E-state index contributed by atoms with van der Waals surface area (Å²) in [6, 6.07) is 7.04. The van der Waals surface area contributed by atoms with Crippen LogP contribution >= 0.6 is 0 Å². The van der Waals surface area contributed by atoms with Crippen LogP contribution in [0.1, 0.15) is 29.8 Å². The molecular weight excluding hydrogens is 262 g/mol. The van der Waals surface area contributed by atoms with Crippen molar-refractivity contribution in [1.82, 2.24) is 5.48 Å². The lowest BCUT2D eigenvalue weighted by atomic mass is 10.1.